The summed E-state index contributed by atoms with van der Waals surface area (Å²) in [6.07, 6.45) is 0. The van der Waals surface area contributed by atoms with Crippen LogP contribution in [0.15, 0.2) is 46.9 Å². The molecule has 4 heteroatoms. The number of hydrogen-bond acceptors (Lipinski definition) is 2. The van der Waals surface area contributed by atoms with Crippen LogP contribution in [-0.2, 0) is 0 Å². The van der Waals surface area contributed by atoms with E-state index in [2.05, 4.69) is 0 Å². The van der Waals surface area contributed by atoms with Crippen molar-refractivity contribution in [1.82, 2.24) is 0 Å². The van der Waals surface area contributed by atoms with Gasteiger partial charge in [0.25, 0.3) is 0 Å². The third-order valence-corrected chi connectivity index (χ3v) is 3.17. The van der Waals surface area contributed by atoms with E-state index in [1.54, 1.807) is 18.2 Å². The Morgan fingerprint density at radius 2 is 1.85 bits per heavy atom. The number of halogens is 1. The Balaban J connectivity index is 2.36. The molecule has 0 aliphatic carbocycles. The van der Waals surface area contributed by atoms with Gasteiger partial charge >= 0.3 is 5.97 Å². The second kappa shape index (κ2) is 4.49. The highest BCUT2D eigenvalue weighted by molar-refractivity contribution is 6.05. The molecule has 0 bridgehead atoms. The van der Waals surface area contributed by atoms with Crippen LogP contribution in [0, 0.1) is 12.7 Å². The molecule has 0 saturated carbocycles. The van der Waals surface area contributed by atoms with Crippen LogP contribution in [0.4, 0.5) is 4.39 Å². The van der Waals surface area contributed by atoms with Crippen LogP contribution in [0.5, 0.6) is 0 Å². The summed E-state index contributed by atoms with van der Waals surface area (Å²) in [5.41, 5.74) is 2.61. The Morgan fingerprint density at radius 3 is 2.50 bits per heavy atom. The van der Waals surface area contributed by atoms with Crippen molar-refractivity contribution >= 4 is 16.9 Å². The van der Waals surface area contributed by atoms with Gasteiger partial charge in [-0.2, -0.15) is 0 Å². The molecule has 1 aromatic heterocycles. The molecule has 0 radical (unpaired) electrons. The van der Waals surface area contributed by atoms with Gasteiger partial charge in [0.05, 0.1) is 0 Å². The molecule has 3 nitrogen and oxygen atoms in total. The van der Waals surface area contributed by atoms with E-state index in [9.17, 15) is 14.3 Å². The molecule has 3 aromatic rings. The number of rotatable bonds is 2. The van der Waals surface area contributed by atoms with Crippen molar-refractivity contribution in [3.05, 3.63) is 59.6 Å². The van der Waals surface area contributed by atoms with Gasteiger partial charge in [0, 0.05) is 10.9 Å². The Bertz CT molecular complexity index is 800. The highest BCUT2D eigenvalue weighted by atomic mass is 19.1. The molecule has 0 spiro atoms. The van der Waals surface area contributed by atoms with Crippen molar-refractivity contribution in [2.45, 2.75) is 6.92 Å². The van der Waals surface area contributed by atoms with E-state index in [0.717, 1.165) is 5.56 Å². The largest absolute Gasteiger partial charge is 0.475 e. The summed E-state index contributed by atoms with van der Waals surface area (Å²) in [7, 11) is 0. The van der Waals surface area contributed by atoms with Crippen LogP contribution >= 0.6 is 0 Å². The number of furan rings is 1. The zero-order valence-electron chi connectivity index (χ0n) is 10.7. The number of hydrogen-bond donors (Lipinski definition) is 1. The Kier molecular flexibility index (Phi) is 2.79. The van der Waals surface area contributed by atoms with Gasteiger partial charge in [0.2, 0.25) is 5.76 Å². The maximum absolute atomic E-state index is 13.0. The van der Waals surface area contributed by atoms with Crippen LogP contribution in [0.25, 0.3) is 22.1 Å². The molecule has 0 fully saturated rings. The van der Waals surface area contributed by atoms with E-state index in [1.807, 2.05) is 19.1 Å². The lowest BCUT2D eigenvalue weighted by atomic mass is 10.0. The fourth-order valence-corrected chi connectivity index (χ4v) is 2.27. The van der Waals surface area contributed by atoms with E-state index in [4.69, 9.17) is 4.42 Å². The van der Waals surface area contributed by atoms with Crippen molar-refractivity contribution < 1.29 is 18.7 Å². The van der Waals surface area contributed by atoms with Gasteiger partial charge in [0.1, 0.15) is 11.4 Å². The number of carboxylic acid groups (broad SMARTS) is 1. The molecular weight excluding hydrogens is 259 g/mol. The predicted octanol–water partition coefficient (Wildman–Crippen LogP) is 4.25. The summed E-state index contributed by atoms with van der Waals surface area (Å²) in [5, 5.41) is 10.0. The number of carboxylic acids is 1. The zero-order chi connectivity index (χ0) is 14.3. The Labute approximate surface area is 114 Å². The van der Waals surface area contributed by atoms with E-state index in [-0.39, 0.29) is 11.6 Å². The fraction of sp³-hybridized carbons (Fsp3) is 0.0625. The van der Waals surface area contributed by atoms with Gasteiger partial charge in [-0.25, -0.2) is 9.18 Å². The Hall–Kier alpha value is -2.62. The van der Waals surface area contributed by atoms with E-state index < -0.39 is 5.97 Å². The first kappa shape index (κ1) is 12.4. The predicted molar refractivity (Wildman–Crippen MR) is 73.3 cm³/mol. The standard InChI is InChI=1S/C16H11FO3/c1-9-2-7-13-12(8-9)14(15(20-13)16(18)19)10-3-5-11(17)6-4-10/h2-8H,1H3,(H,18,19). The number of benzene rings is 2. The summed E-state index contributed by atoms with van der Waals surface area (Å²) < 4.78 is 18.4. The summed E-state index contributed by atoms with van der Waals surface area (Å²) in [5.74, 6) is -1.63. The maximum Gasteiger partial charge on any atom is 0.372 e. The van der Waals surface area contributed by atoms with Crippen LogP contribution in [0.2, 0.25) is 0 Å². The van der Waals surface area contributed by atoms with Gasteiger partial charge in [-0.3, -0.25) is 0 Å². The molecule has 0 aliphatic heterocycles. The number of fused-ring (bicyclic) bond motifs is 1. The van der Waals surface area contributed by atoms with Crippen LogP contribution in [0.1, 0.15) is 16.1 Å². The minimum absolute atomic E-state index is 0.128. The van der Waals surface area contributed by atoms with Gasteiger partial charge in [0.15, 0.2) is 0 Å². The normalized spacial score (nSPS) is 10.9. The first-order valence-corrected chi connectivity index (χ1v) is 6.08. The molecule has 1 N–H and O–H groups in total. The zero-order valence-corrected chi connectivity index (χ0v) is 10.7. The number of aryl methyl sites for hydroxylation is 1. The molecule has 3 rings (SSSR count). The molecule has 0 saturated heterocycles. The molecular formula is C16H11FO3. The molecule has 100 valence electrons. The average Bonchev–Trinajstić information content (AvgIpc) is 2.78. The highest BCUT2D eigenvalue weighted by Crippen LogP contribution is 2.35. The van der Waals surface area contributed by atoms with Crippen molar-refractivity contribution in [3.63, 3.8) is 0 Å². The second-order valence-electron chi connectivity index (χ2n) is 4.62. The van der Waals surface area contributed by atoms with Crippen molar-refractivity contribution in [2.24, 2.45) is 0 Å². The van der Waals surface area contributed by atoms with Crippen molar-refractivity contribution in [3.8, 4) is 11.1 Å². The number of carbonyl (C=O) groups is 1. The monoisotopic (exact) mass is 270 g/mol. The molecule has 0 amide bonds. The second-order valence-corrected chi connectivity index (χ2v) is 4.62. The highest BCUT2D eigenvalue weighted by Gasteiger charge is 2.21. The minimum atomic E-state index is -1.14. The molecule has 2 aromatic carbocycles. The lowest BCUT2D eigenvalue weighted by Gasteiger charge is -2.01. The van der Waals surface area contributed by atoms with Gasteiger partial charge in [-0.15, -0.1) is 0 Å². The van der Waals surface area contributed by atoms with E-state index in [1.165, 1.54) is 12.1 Å². The molecule has 0 aliphatic rings. The van der Waals surface area contributed by atoms with Crippen LogP contribution in [-0.4, -0.2) is 11.1 Å². The SMILES string of the molecule is Cc1ccc2oc(C(=O)O)c(-c3ccc(F)cc3)c2c1. The third kappa shape index (κ3) is 1.95. The minimum Gasteiger partial charge on any atom is -0.475 e. The first-order chi connectivity index (χ1) is 9.56. The van der Waals surface area contributed by atoms with Crippen LogP contribution in [0.3, 0.4) is 0 Å². The summed E-state index contributed by atoms with van der Waals surface area (Å²) in [6, 6.07) is 11.2. The summed E-state index contributed by atoms with van der Waals surface area (Å²) in [4.78, 5) is 11.3. The van der Waals surface area contributed by atoms with E-state index in [0.29, 0.717) is 22.1 Å². The molecule has 0 unspecified atom stereocenters. The third-order valence-electron chi connectivity index (χ3n) is 3.17. The lowest BCUT2D eigenvalue weighted by Crippen LogP contribution is -1.96. The smallest absolute Gasteiger partial charge is 0.372 e. The van der Waals surface area contributed by atoms with Crippen molar-refractivity contribution in [2.75, 3.05) is 0 Å². The maximum atomic E-state index is 13.0. The quantitative estimate of drug-likeness (QED) is 0.757. The molecule has 1 heterocycles. The first-order valence-electron chi connectivity index (χ1n) is 6.08. The number of aromatic carboxylic acids is 1. The van der Waals surface area contributed by atoms with Gasteiger partial charge in [-0.1, -0.05) is 23.8 Å². The van der Waals surface area contributed by atoms with Gasteiger partial charge in [-0.05, 0) is 36.8 Å². The lowest BCUT2D eigenvalue weighted by molar-refractivity contribution is 0.0666. The molecule has 0 atom stereocenters. The fourth-order valence-electron chi connectivity index (χ4n) is 2.27. The van der Waals surface area contributed by atoms with Crippen LogP contribution < -0.4 is 0 Å². The van der Waals surface area contributed by atoms with Gasteiger partial charge < -0.3 is 9.52 Å². The molecule has 20 heavy (non-hydrogen) atoms. The Morgan fingerprint density at radius 1 is 1.15 bits per heavy atom. The summed E-state index contributed by atoms with van der Waals surface area (Å²) >= 11 is 0. The average molecular weight is 270 g/mol. The topological polar surface area (TPSA) is 50.4 Å². The van der Waals surface area contributed by atoms with E-state index >= 15 is 0 Å². The van der Waals surface area contributed by atoms with Crippen molar-refractivity contribution in [1.29, 1.82) is 0 Å². The summed E-state index contributed by atoms with van der Waals surface area (Å²) in [6.45, 7) is 1.92.